The fourth-order valence-electron chi connectivity index (χ4n) is 5.48. The number of aliphatic hydroxyl groups excluding tert-OH is 1. The molecule has 1 amide bonds. The Balaban J connectivity index is 2.05. The second-order valence-corrected chi connectivity index (χ2v) is 8.94. The summed E-state index contributed by atoms with van der Waals surface area (Å²) < 4.78 is 0. The maximum atomic E-state index is 13.6. The molecule has 170 valence electrons. The minimum Gasteiger partial charge on any atom is -0.873 e. The Morgan fingerprint density at radius 2 is 1.84 bits per heavy atom. The van der Waals surface area contributed by atoms with E-state index in [9.17, 15) is 39.9 Å². The van der Waals surface area contributed by atoms with Crippen LogP contribution in [-0.4, -0.2) is 68.5 Å². The topological polar surface area (TPSA) is 184 Å². The van der Waals surface area contributed by atoms with Crippen molar-refractivity contribution in [2.75, 3.05) is 14.1 Å². The van der Waals surface area contributed by atoms with E-state index in [2.05, 4.69) is 0 Å². The summed E-state index contributed by atoms with van der Waals surface area (Å²) in [5, 5.41) is 57.1. The third-order valence-electron chi connectivity index (χ3n) is 7.00. The molecular formula is C22H23N2O8-. The number of hydrogen-bond acceptors (Lipinski definition) is 9. The number of benzene rings is 1. The molecule has 0 spiro atoms. The molecule has 1 fully saturated rings. The van der Waals surface area contributed by atoms with Crippen LogP contribution in [0.4, 0.5) is 0 Å². The van der Waals surface area contributed by atoms with Crippen LogP contribution in [0.2, 0.25) is 0 Å². The van der Waals surface area contributed by atoms with Crippen LogP contribution in [0.3, 0.4) is 0 Å². The normalized spacial score (nSPS) is 34.4. The number of carbonyl (C=O) groups is 3. The van der Waals surface area contributed by atoms with E-state index in [4.69, 9.17) is 5.73 Å². The van der Waals surface area contributed by atoms with Crippen molar-refractivity contribution in [3.8, 4) is 5.75 Å². The van der Waals surface area contributed by atoms with E-state index in [0.717, 1.165) is 0 Å². The van der Waals surface area contributed by atoms with Gasteiger partial charge in [-0.25, -0.2) is 0 Å². The number of fused-ring (bicyclic) bond motifs is 3. The zero-order valence-corrected chi connectivity index (χ0v) is 17.6. The molecule has 0 aromatic heterocycles. The Kier molecular flexibility index (Phi) is 4.57. The molecule has 0 unspecified atom stereocenters. The van der Waals surface area contributed by atoms with Crippen molar-refractivity contribution in [1.29, 1.82) is 0 Å². The van der Waals surface area contributed by atoms with Gasteiger partial charge in [0, 0.05) is 17.4 Å². The quantitative estimate of drug-likeness (QED) is 0.337. The van der Waals surface area contributed by atoms with Gasteiger partial charge in [0.1, 0.15) is 17.1 Å². The van der Waals surface area contributed by atoms with E-state index in [1.807, 2.05) is 0 Å². The van der Waals surface area contributed by atoms with Gasteiger partial charge in [0.05, 0.1) is 22.8 Å². The summed E-state index contributed by atoms with van der Waals surface area (Å²) in [6.45, 7) is 1.39. The summed E-state index contributed by atoms with van der Waals surface area (Å²) in [6.07, 6.45) is -0.240. The SMILES string of the molecule is CN(C)[C@@H]1C(=O)C(C(N)=O)=C([O-])[C@@]2(O)C(=O)C3=C(O)c4c(O)cccc4[C@@](C)(O)[C@H]3C[C@@H]12. The second kappa shape index (κ2) is 6.64. The van der Waals surface area contributed by atoms with E-state index in [1.165, 1.54) is 44.1 Å². The molecule has 5 atom stereocenters. The molecule has 0 saturated heterocycles. The summed E-state index contributed by atoms with van der Waals surface area (Å²) in [6, 6.07) is 2.94. The number of aliphatic hydroxyl groups is 3. The molecule has 3 aliphatic rings. The van der Waals surface area contributed by atoms with Crippen molar-refractivity contribution in [1.82, 2.24) is 4.90 Å². The van der Waals surface area contributed by atoms with Gasteiger partial charge in [-0.3, -0.25) is 19.3 Å². The van der Waals surface area contributed by atoms with Gasteiger partial charge in [-0.2, -0.15) is 0 Å². The summed E-state index contributed by atoms with van der Waals surface area (Å²) >= 11 is 0. The Hall–Kier alpha value is -3.21. The van der Waals surface area contributed by atoms with Gasteiger partial charge in [-0.05, 0) is 39.1 Å². The average molecular weight is 443 g/mol. The van der Waals surface area contributed by atoms with Crippen LogP contribution in [0.25, 0.3) is 5.76 Å². The van der Waals surface area contributed by atoms with Crippen LogP contribution in [0.5, 0.6) is 5.75 Å². The third-order valence-corrected chi connectivity index (χ3v) is 7.00. The number of ketones is 2. The number of likely N-dealkylation sites (N-methyl/N-ethyl adjacent to an activating group) is 1. The first kappa shape index (κ1) is 22.0. The lowest BCUT2D eigenvalue weighted by Crippen LogP contribution is -2.68. The maximum absolute atomic E-state index is 13.6. The number of nitrogens with zero attached hydrogens (tertiary/aromatic N) is 1. The van der Waals surface area contributed by atoms with E-state index >= 15 is 0 Å². The molecular weight excluding hydrogens is 420 g/mol. The largest absolute Gasteiger partial charge is 0.873 e. The number of primary amides is 1. The van der Waals surface area contributed by atoms with Crippen molar-refractivity contribution in [3.63, 3.8) is 0 Å². The zero-order chi connectivity index (χ0) is 23.9. The maximum Gasteiger partial charge on any atom is 0.251 e. The van der Waals surface area contributed by atoms with E-state index in [1.54, 1.807) is 0 Å². The van der Waals surface area contributed by atoms with Gasteiger partial charge in [-0.1, -0.05) is 17.9 Å². The van der Waals surface area contributed by atoms with Crippen molar-refractivity contribution < 1.29 is 39.9 Å². The predicted molar refractivity (Wildman–Crippen MR) is 107 cm³/mol. The van der Waals surface area contributed by atoms with Crippen molar-refractivity contribution in [2.24, 2.45) is 17.6 Å². The number of phenolic OH excluding ortho intramolecular Hbond substituents is 1. The monoisotopic (exact) mass is 443 g/mol. The van der Waals surface area contributed by atoms with Gasteiger partial charge < -0.3 is 31.3 Å². The van der Waals surface area contributed by atoms with Crippen LogP contribution >= 0.6 is 0 Å². The molecule has 1 aromatic rings. The summed E-state index contributed by atoms with van der Waals surface area (Å²) in [7, 11) is 2.97. The van der Waals surface area contributed by atoms with Crippen LogP contribution in [0.1, 0.15) is 24.5 Å². The van der Waals surface area contributed by atoms with Crippen LogP contribution < -0.4 is 10.8 Å². The van der Waals surface area contributed by atoms with E-state index in [0.29, 0.717) is 0 Å². The van der Waals surface area contributed by atoms with Gasteiger partial charge in [0.2, 0.25) is 0 Å². The molecule has 6 N–H and O–H groups in total. The van der Waals surface area contributed by atoms with E-state index < -0.39 is 75.0 Å². The Morgan fingerprint density at radius 3 is 2.41 bits per heavy atom. The number of Topliss-reactive ketones (excluding diaryl/α,β-unsaturated/α-hetero) is 2. The minimum atomic E-state index is -2.86. The molecule has 3 aliphatic carbocycles. The van der Waals surface area contributed by atoms with Gasteiger partial charge in [0.25, 0.3) is 5.91 Å². The van der Waals surface area contributed by atoms with Gasteiger partial charge >= 0.3 is 0 Å². The Morgan fingerprint density at radius 1 is 1.22 bits per heavy atom. The summed E-state index contributed by atoms with van der Waals surface area (Å²) in [5.41, 5.74) is -0.907. The van der Waals surface area contributed by atoms with Crippen LogP contribution in [0.15, 0.2) is 35.1 Å². The highest BCUT2D eigenvalue weighted by Crippen LogP contribution is 2.56. The summed E-state index contributed by atoms with van der Waals surface area (Å²) in [5.74, 6) is -8.47. The lowest BCUT2D eigenvalue weighted by molar-refractivity contribution is -0.339. The highest BCUT2D eigenvalue weighted by molar-refractivity contribution is 6.24. The Labute approximate surface area is 182 Å². The second-order valence-electron chi connectivity index (χ2n) is 8.94. The van der Waals surface area contributed by atoms with Crippen molar-refractivity contribution in [2.45, 2.75) is 30.6 Å². The minimum absolute atomic E-state index is 0.154. The molecule has 1 saturated carbocycles. The van der Waals surface area contributed by atoms with Crippen molar-refractivity contribution in [3.05, 3.63) is 46.2 Å². The molecule has 32 heavy (non-hydrogen) atoms. The number of carbonyl (C=O) groups excluding carboxylic acids is 3. The lowest BCUT2D eigenvalue weighted by atomic mass is 9.54. The standard InChI is InChI=1S/C22H24N2O8/c1-21(31)8-5-4-6-11(25)12(8)16(26)13-9(21)7-10-15(24(2)3)17(27)14(20(23)30)19(29)22(10,32)18(13)28/h4-6,9-10,15,25-26,29,31-32H,7H2,1-3H3,(H2,23,30)/p-1/t9-,10-,15-,21+,22-/m0/s1. The fourth-order valence-corrected chi connectivity index (χ4v) is 5.48. The third kappa shape index (κ3) is 2.48. The number of rotatable bonds is 2. The van der Waals surface area contributed by atoms with Crippen LogP contribution in [-0.2, 0) is 20.0 Å². The molecule has 0 bridgehead atoms. The lowest BCUT2D eigenvalue weighted by Gasteiger charge is -2.55. The number of phenols is 1. The molecule has 0 aliphatic heterocycles. The zero-order valence-electron chi connectivity index (χ0n) is 17.6. The van der Waals surface area contributed by atoms with Gasteiger partial charge in [-0.15, -0.1) is 0 Å². The first-order valence-corrected chi connectivity index (χ1v) is 9.95. The number of aromatic hydroxyl groups is 1. The molecule has 0 heterocycles. The molecule has 4 rings (SSSR count). The van der Waals surface area contributed by atoms with E-state index in [-0.39, 0.29) is 17.5 Å². The number of amides is 1. The summed E-state index contributed by atoms with van der Waals surface area (Å²) in [4.78, 5) is 39.8. The average Bonchev–Trinajstić information content (AvgIpc) is 2.68. The first-order valence-electron chi connectivity index (χ1n) is 9.95. The highest BCUT2D eigenvalue weighted by atomic mass is 16.3. The van der Waals surface area contributed by atoms with Crippen LogP contribution in [0, 0.1) is 11.8 Å². The molecule has 10 heteroatoms. The number of nitrogens with two attached hydrogens (primary N) is 1. The first-order chi connectivity index (χ1) is 14.8. The smallest absolute Gasteiger partial charge is 0.251 e. The van der Waals surface area contributed by atoms with Crippen molar-refractivity contribution >= 4 is 23.2 Å². The Bertz CT molecular complexity index is 1150. The fraction of sp³-hybridized carbons (Fsp3) is 0.409. The predicted octanol–water partition coefficient (Wildman–Crippen LogP) is -1.57. The van der Waals surface area contributed by atoms with Gasteiger partial charge in [0.15, 0.2) is 11.6 Å². The number of hydrogen-bond donors (Lipinski definition) is 5. The highest BCUT2D eigenvalue weighted by Gasteiger charge is 2.63. The molecule has 10 nitrogen and oxygen atoms in total. The molecule has 1 aromatic carbocycles. The molecule has 0 radical (unpaired) electrons.